The maximum Gasteiger partial charge on any atom is 0.252 e. The molecule has 1 atom stereocenters. The first kappa shape index (κ1) is 24.8. The topological polar surface area (TPSA) is 79.7 Å². The van der Waals surface area contributed by atoms with E-state index in [1.807, 2.05) is 41.9 Å². The second-order valence-electron chi connectivity index (χ2n) is 10.1. The molecule has 0 bridgehead atoms. The Balaban J connectivity index is 1.79. The zero-order valence-electron chi connectivity index (χ0n) is 21.7. The van der Waals surface area contributed by atoms with Gasteiger partial charge in [0.15, 0.2) is 5.82 Å². The second-order valence-corrected chi connectivity index (χ2v) is 10.1. The van der Waals surface area contributed by atoms with Gasteiger partial charge in [0.1, 0.15) is 0 Å². The SMILES string of the molecule is CCC(c1nnnn1C(C)(C)CC)N(Cc1ccccc1)Cc1cc2c(C)cc(C)cc2[nH]c1=O. The largest absolute Gasteiger partial charge is 0.322 e. The number of aromatic nitrogens is 5. The Hall–Kier alpha value is -3.32. The number of hydrogen-bond donors (Lipinski definition) is 1. The molecule has 0 radical (unpaired) electrons. The molecule has 2 heterocycles. The van der Waals surface area contributed by atoms with Gasteiger partial charge < -0.3 is 4.98 Å². The van der Waals surface area contributed by atoms with Crippen molar-refractivity contribution in [3.05, 3.63) is 87.0 Å². The van der Waals surface area contributed by atoms with Gasteiger partial charge in [0, 0.05) is 29.6 Å². The standard InChI is InChI=1S/C28H36N6O/c1-7-25(26-30-31-32-34(26)28(5,6)8-2)33(17-21-12-10-9-11-13-21)18-22-16-23-20(4)14-19(3)15-24(23)29-27(22)35/h9-16,25H,7-8,17-18H2,1-6H3,(H,29,35). The van der Waals surface area contributed by atoms with E-state index in [1.165, 1.54) is 5.56 Å². The predicted octanol–water partition coefficient (Wildman–Crippen LogP) is 5.43. The summed E-state index contributed by atoms with van der Waals surface area (Å²) in [6, 6.07) is 16.5. The van der Waals surface area contributed by atoms with Gasteiger partial charge in [0.05, 0.1) is 11.6 Å². The summed E-state index contributed by atoms with van der Waals surface area (Å²) in [5, 5.41) is 14.0. The number of H-pyrrole nitrogens is 1. The summed E-state index contributed by atoms with van der Waals surface area (Å²) in [6.45, 7) is 13.9. The van der Waals surface area contributed by atoms with Crippen LogP contribution < -0.4 is 5.56 Å². The molecular formula is C28H36N6O. The lowest BCUT2D eigenvalue weighted by atomic mass is 10.0. The number of nitrogens with zero attached hydrogens (tertiary/aromatic N) is 5. The molecule has 4 aromatic rings. The van der Waals surface area contributed by atoms with Crippen LogP contribution in [0.4, 0.5) is 0 Å². The highest BCUT2D eigenvalue weighted by atomic mass is 16.1. The Labute approximate surface area is 207 Å². The van der Waals surface area contributed by atoms with Crippen molar-refractivity contribution in [1.82, 2.24) is 30.1 Å². The molecule has 0 spiro atoms. The number of aryl methyl sites for hydroxylation is 2. The van der Waals surface area contributed by atoms with Gasteiger partial charge >= 0.3 is 0 Å². The second kappa shape index (κ2) is 10.1. The zero-order valence-corrected chi connectivity index (χ0v) is 21.7. The normalized spacial score (nSPS) is 13.0. The fourth-order valence-corrected chi connectivity index (χ4v) is 4.73. The van der Waals surface area contributed by atoms with Crippen LogP contribution in [0.1, 0.15) is 74.7 Å². The molecule has 7 heteroatoms. The molecule has 184 valence electrons. The minimum absolute atomic E-state index is 0.0507. The Bertz CT molecular complexity index is 1360. The van der Waals surface area contributed by atoms with Gasteiger partial charge in [-0.15, -0.1) is 5.10 Å². The summed E-state index contributed by atoms with van der Waals surface area (Å²) in [5.74, 6) is 0.833. The summed E-state index contributed by atoms with van der Waals surface area (Å²) >= 11 is 0. The van der Waals surface area contributed by atoms with Crippen molar-refractivity contribution >= 4 is 10.9 Å². The van der Waals surface area contributed by atoms with Crippen LogP contribution in [-0.4, -0.2) is 30.1 Å². The third-order valence-corrected chi connectivity index (χ3v) is 7.05. The van der Waals surface area contributed by atoms with Crippen LogP contribution in [-0.2, 0) is 18.6 Å². The van der Waals surface area contributed by atoms with Crippen molar-refractivity contribution < 1.29 is 0 Å². The Morgan fingerprint density at radius 1 is 1.06 bits per heavy atom. The zero-order chi connectivity index (χ0) is 25.2. The van der Waals surface area contributed by atoms with E-state index in [9.17, 15) is 4.79 Å². The number of benzene rings is 2. The molecule has 0 amide bonds. The minimum atomic E-state index is -0.208. The highest BCUT2D eigenvalue weighted by Crippen LogP contribution is 2.30. The van der Waals surface area contributed by atoms with E-state index in [-0.39, 0.29) is 17.1 Å². The number of tetrazole rings is 1. The first-order valence-electron chi connectivity index (χ1n) is 12.4. The van der Waals surface area contributed by atoms with Gasteiger partial charge in [0.2, 0.25) is 0 Å². The molecule has 0 fully saturated rings. The lowest BCUT2D eigenvalue weighted by Gasteiger charge is -2.33. The van der Waals surface area contributed by atoms with Crippen LogP contribution >= 0.6 is 0 Å². The molecule has 2 aromatic heterocycles. The molecule has 2 aromatic carbocycles. The van der Waals surface area contributed by atoms with Crippen LogP contribution in [0.15, 0.2) is 53.3 Å². The molecule has 4 rings (SSSR count). The number of rotatable bonds is 9. The van der Waals surface area contributed by atoms with Crippen LogP contribution in [0.25, 0.3) is 10.9 Å². The quantitative estimate of drug-likeness (QED) is 0.351. The molecule has 0 aliphatic carbocycles. The summed E-state index contributed by atoms with van der Waals surface area (Å²) in [7, 11) is 0. The van der Waals surface area contributed by atoms with Gasteiger partial charge in [-0.3, -0.25) is 9.69 Å². The summed E-state index contributed by atoms with van der Waals surface area (Å²) < 4.78 is 1.96. The third-order valence-electron chi connectivity index (χ3n) is 7.05. The van der Waals surface area contributed by atoms with E-state index < -0.39 is 0 Å². The number of nitrogens with one attached hydrogen (secondary N) is 1. The average Bonchev–Trinajstić information content (AvgIpc) is 3.31. The van der Waals surface area contributed by atoms with Crippen molar-refractivity contribution in [3.63, 3.8) is 0 Å². The molecule has 0 saturated heterocycles. The van der Waals surface area contributed by atoms with Crippen molar-refractivity contribution in [2.24, 2.45) is 0 Å². The minimum Gasteiger partial charge on any atom is -0.322 e. The molecule has 1 unspecified atom stereocenters. The first-order valence-corrected chi connectivity index (χ1v) is 12.4. The highest BCUT2D eigenvalue weighted by Gasteiger charge is 2.31. The Morgan fingerprint density at radius 3 is 2.49 bits per heavy atom. The van der Waals surface area contributed by atoms with Crippen molar-refractivity contribution in [1.29, 1.82) is 0 Å². The fraction of sp³-hybridized carbons (Fsp3) is 0.429. The summed E-state index contributed by atoms with van der Waals surface area (Å²) in [5.41, 5.74) is 4.85. The van der Waals surface area contributed by atoms with Gasteiger partial charge in [0.25, 0.3) is 5.56 Å². The van der Waals surface area contributed by atoms with Crippen LogP contribution in [0.3, 0.4) is 0 Å². The molecule has 0 aliphatic heterocycles. The van der Waals surface area contributed by atoms with E-state index >= 15 is 0 Å². The highest BCUT2D eigenvalue weighted by molar-refractivity contribution is 5.83. The van der Waals surface area contributed by atoms with E-state index in [2.05, 4.69) is 78.2 Å². The predicted molar refractivity (Wildman–Crippen MR) is 140 cm³/mol. The number of pyridine rings is 1. The van der Waals surface area contributed by atoms with Gasteiger partial charge in [-0.1, -0.05) is 50.2 Å². The van der Waals surface area contributed by atoms with Gasteiger partial charge in [-0.2, -0.15) is 0 Å². The van der Waals surface area contributed by atoms with Crippen LogP contribution in [0.2, 0.25) is 0 Å². The van der Waals surface area contributed by atoms with E-state index in [0.717, 1.165) is 46.3 Å². The molecule has 0 saturated carbocycles. The van der Waals surface area contributed by atoms with Crippen molar-refractivity contribution in [2.45, 2.75) is 79.1 Å². The third kappa shape index (κ3) is 5.20. The van der Waals surface area contributed by atoms with E-state index in [0.29, 0.717) is 13.1 Å². The summed E-state index contributed by atoms with van der Waals surface area (Å²) in [6.07, 6.45) is 1.72. The summed E-state index contributed by atoms with van der Waals surface area (Å²) in [4.78, 5) is 18.6. The number of fused-ring (bicyclic) bond motifs is 1. The van der Waals surface area contributed by atoms with E-state index in [1.54, 1.807) is 0 Å². The van der Waals surface area contributed by atoms with E-state index in [4.69, 9.17) is 0 Å². The first-order chi connectivity index (χ1) is 16.7. The monoisotopic (exact) mass is 472 g/mol. The van der Waals surface area contributed by atoms with Crippen molar-refractivity contribution in [3.8, 4) is 0 Å². The molecule has 0 aliphatic rings. The lowest BCUT2D eigenvalue weighted by molar-refractivity contribution is 0.150. The number of hydrogen-bond acceptors (Lipinski definition) is 5. The lowest BCUT2D eigenvalue weighted by Crippen LogP contribution is -2.36. The Morgan fingerprint density at radius 2 is 1.80 bits per heavy atom. The average molecular weight is 473 g/mol. The molecular weight excluding hydrogens is 436 g/mol. The molecule has 35 heavy (non-hydrogen) atoms. The fourth-order valence-electron chi connectivity index (χ4n) is 4.73. The van der Waals surface area contributed by atoms with Gasteiger partial charge in [-0.25, -0.2) is 4.68 Å². The molecule has 1 N–H and O–H groups in total. The van der Waals surface area contributed by atoms with Crippen molar-refractivity contribution in [2.75, 3.05) is 0 Å². The smallest absolute Gasteiger partial charge is 0.252 e. The molecule has 7 nitrogen and oxygen atoms in total. The van der Waals surface area contributed by atoms with Gasteiger partial charge in [-0.05, 0) is 79.8 Å². The number of aromatic amines is 1. The van der Waals surface area contributed by atoms with Crippen LogP contribution in [0, 0.1) is 13.8 Å². The maximum atomic E-state index is 13.2. The Kier molecular flexibility index (Phi) is 7.17. The van der Waals surface area contributed by atoms with Crippen LogP contribution in [0.5, 0.6) is 0 Å². The maximum absolute atomic E-state index is 13.2.